The van der Waals surface area contributed by atoms with Crippen molar-refractivity contribution in [1.29, 1.82) is 0 Å². The number of anilines is 1. The number of benzene rings is 2. The van der Waals surface area contributed by atoms with Crippen molar-refractivity contribution < 1.29 is 14.3 Å². The van der Waals surface area contributed by atoms with Crippen LogP contribution in [0.4, 0.5) is 5.82 Å². The van der Waals surface area contributed by atoms with Gasteiger partial charge in [-0.25, -0.2) is 4.68 Å². The number of para-hydroxylation sites is 1. The maximum absolute atomic E-state index is 13.9. The number of fused-ring (bicyclic) bond motifs is 1. The number of carbonyl (C=O) groups is 2. The summed E-state index contributed by atoms with van der Waals surface area (Å²) in [6.45, 7) is 6.22. The smallest absolute Gasteiger partial charge is 0.242 e. The average Bonchev–Trinajstić information content (AvgIpc) is 3.53. The van der Waals surface area contributed by atoms with Crippen molar-refractivity contribution in [3.05, 3.63) is 87.6 Å². The molecule has 2 amide bonds. The van der Waals surface area contributed by atoms with Gasteiger partial charge >= 0.3 is 0 Å². The van der Waals surface area contributed by atoms with Crippen LogP contribution in [0.2, 0.25) is 0 Å². The molecule has 0 saturated carbocycles. The lowest BCUT2D eigenvalue weighted by atomic mass is 10.0. The molecule has 1 fully saturated rings. The van der Waals surface area contributed by atoms with Gasteiger partial charge in [0.05, 0.1) is 35.6 Å². The Labute approximate surface area is 236 Å². The lowest BCUT2D eigenvalue weighted by molar-refractivity contribution is -0.134. The first-order valence-corrected chi connectivity index (χ1v) is 15.0. The zero-order chi connectivity index (χ0) is 26.9. The molecule has 6 rings (SSSR count). The van der Waals surface area contributed by atoms with Crippen LogP contribution in [0.25, 0.3) is 16.9 Å². The van der Waals surface area contributed by atoms with Crippen LogP contribution in [0.5, 0.6) is 0 Å². The summed E-state index contributed by atoms with van der Waals surface area (Å²) in [7, 11) is 0. The van der Waals surface area contributed by atoms with Crippen molar-refractivity contribution in [3.8, 4) is 16.9 Å². The molecule has 4 aromatic rings. The van der Waals surface area contributed by atoms with Gasteiger partial charge in [0.15, 0.2) is 0 Å². The number of ether oxygens (including phenoxy) is 1. The third-order valence-electron chi connectivity index (χ3n) is 7.28. The molecule has 7 nitrogen and oxygen atoms in total. The second-order valence-corrected chi connectivity index (χ2v) is 11.8. The zero-order valence-corrected chi connectivity index (χ0v) is 23.6. The summed E-state index contributed by atoms with van der Waals surface area (Å²) in [5.41, 5.74) is 5.90. The molecule has 200 valence electrons. The summed E-state index contributed by atoms with van der Waals surface area (Å²) >= 11 is 3.32. The number of nitrogens with zero attached hydrogens (tertiary/aromatic N) is 4. The van der Waals surface area contributed by atoms with Crippen molar-refractivity contribution in [3.63, 3.8) is 0 Å². The number of amides is 2. The van der Waals surface area contributed by atoms with E-state index < -0.39 is 0 Å². The summed E-state index contributed by atoms with van der Waals surface area (Å²) in [5.74, 6) is 0.786. The molecule has 0 N–H and O–H groups in total. The molecule has 4 heterocycles. The first-order chi connectivity index (χ1) is 19.0. The van der Waals surface area contributed by atoms with Gasteiger partial charge in [0.25, 0.3) is 0 Å². The molecule has 0 unspecified atom stereocenters. The van der Waals surface area contributed by atoms with E-state index in [0.29, 0.717) is 32.1 Å². The predicted molar refractivity (Wildman–Crippen MR) is 157 cm³/mol. The van der Waals surface area contributed by atoms with Gasteiger partial charge in [-0.1, -0.05) is 48.5 Å². The Hall–Kier alpha value is -3.40. The van der Waals surface area contributed by atoms with E-state index in [0.717, 1.165) is 28.1 Å². The van der Waals surface area contributed by atoms with E-state index in [1.54, 1.807) is 32.9 Å². The van der Waals surface area contributed by atoms with Crippen LogP contribution in [-0.4, -0.2) is 65.1 Å². The minimum absolute atomic E-state index is 0.0334. The number of morpholine rings is 1. The molecule has 2 aliphatic rings. The van der Waals surface area contributed by atoms with E-state index >= 15 is 0 Å². The van der Waals surface area contributed by atoms with Crippen molar-refractivity contribution in [2.24, 2.45) is 0 Å². The van der Waals surface area contributed by atoms with Crippen LogP contribution in [0.1, 0.15) is 26.8 Å². The Kier molecular flexibility index (Phi) is 7.29. The summed E-state index contributed by atoms with van der Waals surface area (Å²) in [6.07, 6.45) is 0. The Morgan fingerprint density at radius 1 is 1.00 bits per heavy atom. The van der Waals surface area contributed by atoms with Gasteiger partial charge < -0.3 is 9.64 Å². The molecular weight excluding hydrogens is 528 g/mol. The minimum atomic E-state index is -0.0968. The molecule has 2 aliphatic heterocycles. The zero-order valence-electron chi connectivity index (χ0n) is 22.0. The highest BCUT2D eigenvalue weighted by Crippen LogP contribution is 2.50. The summed E-state index contributed by atoms with van der Waals surface area (Å²) in [5, 5.41) is 7.20. The van der Waals surface area contributed by atoms with Gasteiger partial charge in [0, 0.05) is 29.1 Å². The van der Waals surface area contributed by atoms with Gasteiger partial charge in [-0.05, 0) is 42.5 Å². The predicted octanol–water partition coefficient (Wildman–Crippen LogP) is 5.25. The Bertz CT molecular complexity index is 1510. The number of aromatic nitrogens is 2. The fourth-order valence-corrected chi connectivity index (χ4v) is 7.68. The molecule has 1 atom stereocenters. The van der Waals surface area contributed by atoms with Gasteiger partial charge in [-0.15, -0.1) is 23.1 Å². The van der Waals surface area contributed by atoms with Crippen LogP contribution < -0.4 is 4.90 Å². The molecule has 1 saturated heterocycles. The highest BCUT2D eigenvalue weighted by Gasteiger charge is 2.39. The van der Waals surface area contributed by atoms with Gasteiger partial charge in [-0.2, -0.15) is 5.10 Å². The van der Waals surface area contributed by atoms with E-state index in [2.05, 4.69) is 30.5 Å². The Morgan fingerprint density at radius 3 is 2.46 bits per heavy atom. The van der Waals surface area contributed by atoms with Crippen molar-refractivity contribution in [2.45, 2.75) is 19.1 Å². The average molecular weight is 559 g/mol. The van der Waals surface area contributed by atoms with E-state index in [1.165, 1.54) is 10.4 Å². The highest BCUT2D eigenvalue weighted by atomic mass is 32.2. The number of hydrogen-bond acceptors (Lipinski definition) is 6. The van der Waals surface area contributed by atoms with E-state index in [4.69, 9.17) is 9.84 Å². The Balaban J connectivity index is 1.60. The number of thioether (sulfide) groups is 1. The van der Waals surface area contributed by atoms with Crippen molar-refractivity contribution in [2.75, 3.05) is 43.5 Å². The summed E-state index contributed by atoms with van der Waals surface area (Å²) in [6, 6.07) is 20.3. The monoisotopic (exact) mass is 558 g/mol. The number of thiophene rings is 1. The first kappa shape index (κ1) is 25.9. The van der Waals surface area contributed by atoms with Crippen LogP contribution in [0.15, 0.2) is 66.0 Å². The fourth-order valence-electron chi connectivity index (χ4n) is 5.21. The second-order valence-electron chi connectivity index (χ2n) is 9.78. The summed E-state index contributed by atoms with van der Waals surface area (Å²) in [4.78, 5) is 32.1. The van der Waals surface area contributed by atoms with Crippen LogP contribution in [0, 0.1) is 13.8 Å². The molecule has 0 aliphatic carbocycles. The fraction of sp³-hybridized carbons (Fsp3) is 0.300. The molecule has 2 aromatic carbocycles. The van der Waals surface area contributed by atoms with Gasteiger partial charge in [-0.3, -0.25) is 14.5 Å². The first-order valence-electron chi connectivity index (χ1n) is 13.1. The van der Waals surface area contributed by atoms with Crippen molar-refractivity contribution >= 4 is 40.7 Å². The van der Waals surface area contributed by atoms with Gasteiger partial charge in [0.2, 0.25) is 11.8 Å². The molecule has 9 heteroatoms. The minimum Gasteiger partial charge on any atom is -0.378 e. The maximum atomic E-state index is 13.9. The number of aryl methyl sites for hydroxylation is 2. The van der Waals surface area contributed by atoms with E-state index in [9.17, 15) is 9.59 Å². The maximum Gasteiger partial charge on any atom is 0.242 e. The number of carbonyl (C=O) groups excluding carboxylic acids is 2. The van der Waals surface area contributed by atoms with E-state index in [1.807, 2.05) is 54.1 Å². The molecule has 39 heavy (non-hydrogen) atoms. The second kappa shape index (κ2) is 11.0. The number of rotatable bonds is 5. The van der Waals surface area contributed by atoms with E-state index in [-0.39, 0.29) is 29.4 Å². The third-order valence-corrected chi connectivity index (χ3v) is 9.73. The normalized spacial score (nSPS) is 17.7. The highest BCUT2D eigenvalue weighted by molar-refractivity contribution is 8.00. The summed E-state index contributed by atoms with van der Waals surface area (Å²) < 4.78 is 7.34. The molecular formula is C30H30N4O3S2. The molecule has 0 spiro atoms. The SMILES string of the molecule is Cc1ccccc1-n1nc(-c2ccccc2)c2c1N(CC(=O)N1CCOCC1)C(=O)CS[C@H]2c1sccc1C. The Morgan fingerprint density at radius 2 is 1.74 bits per heavy atom. The van der Waals surface area contributed by atoms with Crippen LogP contribution >= 0.6 is 23.1 Å². The lowest BCUT2D eigenvalue weighted by Crippen LogP contribution is -2.48. The van der Waals surface area contributed by atoms with Crippen LogP contribution in [-0.2, 0) is 14.3 Å². The van der Waals surface area contributed by atoms with Crippen LogP contribution in [0.3, 0.4) is 0 Å². The lowest BCUT2D eigenvalue weighted by Gasteiger charge is -2.30. The largest absolute Gasteiger partial charge is 0.378 e. The molecule has 0 radical (unpaired) electrons. The third kappa shape index (κ3) is 4.90. The molecule has 0 bridgehead atoms. The number of hydrogen-bond donors (Lipinski definition) is 0. The topological polar surface area (TPSA) is 67.7 Å². The van der Waals surface area contributed by atoms with Gasteiger partial charge in [0.1, 0.15) is 12.4 Å². The van der Waals surface area contributed by atoms with Crippen molar-refractivity contribution in [1.82, 2.24) is 14.7 Å². The standard InChI is InChI=1S/C30H30N4O3S2/c1-20-8-6-7-11-23(20)34-30-26(27(31-34)22-9-4-3-5-10-22)29(28-21(2)12-17-38-28)39-19-25(36)33(30)18-24(35)32-13-15-37-16-14-32/h3-12,17,29H,13-16,18-19H2,1-2H3/t29-/m1/s1. The molecule has 2 aromatic heterocycles. The quantitative estimate of drug-likeness (QED) is 0.335.